The topological polar surface area (TPSA) is 79.5 Å². The number of benzene rings is 2. The summed E-state index contributed by atoms with van der Waals surface area (Å²) in [6.07, 6.45) is 0. The monoisotopic (exact) mass is 377 g/mol. The van der Waals surface area contributed by atoms with Crippen molar-refractivity contribution in [3.63, 3.8) is 0 Å². The van der Waals surface area contributed by atoms with Crippen LogP contribution in [0.1, 0.15) is 17.2 Å². The van der Waals surface area contributed by atoms with E-state index in [1.54, 1.807) is 12.1 Å². The smallest absolute Gasteiger partial charge is 0.387 e. The molecule has 0 aliphatic heterocycles. The molecule has 2 rings (SSSR count). The Morgan fingerprint density at radius 3 is 2.11 bits per heavy atom. The van der Waals surface area contributed by atoms with Gasteiger partial charge in [-0.15, -0.1) is 0 Å². The Kier molecular flexibility index (Phi) is 7.69. The fraction of sp³-hybridized carbons (Fsp3) is 0.263. The van der Waals surface area contributed by atoms with Gasteiger partial charge in [0.2, 0.25) is 11.8 Å². The molecule has 0 bridgehead atoms. The van der Waals surface area contributed by atoms with Crippen LogP contribution in [0.3, 0.4) is 0 Å². The Morgan fingerprint density at radius 1 is 0.926 bits per heavy atom. The Labute approximate surface area is 155 Å². The lowest BCUT2D eigenvalue weighted by molar-refractivity contribution is -0.121. The van der Waals surface area contributed by atoms with Gasteiger partial charge in [-0.1, -0.05) is 42.5 Å². The number of ether oxygens (including phenoxy) is 1. The second-order valence-corrected chi connectivity index (χ2v) is 5.64. The van der Waals surface area contributed by atoms with Crippen molar-refractivity contribution >= 4 is 11.8 Å². The quantitative estimate of drug-likeness (QED) is 0.623. The normalized spacial score (nSPS) is 11.7. The molecule has 27 heavy (non-hydrogen) atoms. The molecule has 144 valence electrons. The summed E-state index contributed by atoms with van der Waals surface area (Å²) < 4.78 is 29.0. The summed E-state index contributed by atoms with van der Waals surface area (Å²) in [5, 5.41) is 8.08. The third kappa shape index (κ3) is 6.67. The summed E-state index contributed by atoms with van der Waals surface area (Å²) in [5.41, 5.74) is 1.54. The highest BCUT2D eigenvalue weighted by Crippen LogP contribution is 2.24. The second-order valence-electron chi connectivity index (χ2n) is 5.64. The number of carbonyl (C=O) groups is 2. The van der Waals surface area contributed by atoms with Crippen LogP contribution in [0.4, 0.5) is 8.78 Å². The second kappa shape index (κ2) is 10.2. The number of rotatable bonds is 9. The van der Waals surface area contributed by atoms with Crippen molar-refractivity contribution in [2.75, 3.05) is 20.1 Å². The van der Waals surface area contributed by atoms with Crippen molar-refractivity contribution in [3.05, 3.63) is 65.7 Å². The summed E-state index contributed by atoms with van der Waals surface area (Å²) in [5.74, 6) is -0.489. The number of nitrogens with one attached hydrogen (secondary N) is 3. The maximum atomic E-state index is 12.3. The first kappa shape index (κ1) is 20.3. The Balaban J connectivity index is 2.10. The molecule has 2 aromatic carbocycles. The minimum absolute atomic E-state index is 0.0274. The molecule has 0 aliphatic carbocycles. The molecule has 6 nitrogen and oxygen atoms in total. The number of amides is 2. The number of carbonyl (C=O) groups excluding carboxylic acids is 2. The number of likely N-dealkylation sites (N-methyl/N-ethyl adjacent to an activating group) is 1. The highest BCUT2D eigenvalue weighted by Gasteiger charge is 2.17. The van der Waals surface area contributed by atoms with Crippen molar-refractivity contribution in [1.82, 2.24) is 16.0 Å². The molecule has 8 heteroatoms. The van der Waals surface area contributed by atoms with Crippen LogP contribution in [0.5, 0.6) is 5.75 Å². The maximum Gasteiger partial charge on any atom is 0.387 e. The Hall–Kier alpha value is -3.00. The first-order valence-corrected chi connectivity index (χ1v) is 8.30. The van der Waals surface area contributed by atoms with Gasteiger partial charge in [0.1, 0.15) is 5.75 Å². The number of hydrogen-bond acceptors (Lipinski definition) is 4. The van der Waals surface area contributed by atoms with Crippen LogP contribution >= 0.6 is 0 Å². The van der Waals surface area contributed by atoms with Crippen LogP contribution in [-0.2, 0) is 9.59 Å². The zero-order valence-electron chi connectivity index (χ0n) is 14.7. The van der Waals surface area contributed by atoms with Crippen LogP contribution in [-0.4, -0.2) is 38.6 Å². The van der Waals surface area contributed by atoms with Gasteiger partial charge in [0.25, 0.3) is 0 Å². The van der Waals surface area contributed by atoms with E-state index in [0.29, 0.717) is 5.56 Å². The molecule has 0 spiro atoms. The van der Waals surface area contributed by atoms with Gasteiger partial charge in [-0.3, -0.25) is 14.9 Å². The molecule has 0 radical (unpaired) electrons. The van der Waals surface area contributed by atoms with Crippen LogP contribution in [0.2, 0.25) is 0 Å². The fourth-order valence-electron chi connectivity index (χ4n) is 2.44. The summed E-state index contributed by atoms with van der Waals surface area (Å²) in [4.78, 5) is 23.4. The molecule has 0 unspecified atom stereocenters. The van der Waals surface area contributed by atoms with E-state index in [1.807, 2.05) is 30.3 Å². The first-order valence-electron chi connectivity index (χ1n) is 8.30. The van der Waals surface area contributed by atoms with E-state index in [-0.39, 0.29) is 30.7 Å². The maximum absolute atomic E-state index is 12.3. The molecule has 0 saturated carbocycles. The Bertz CT molecular complexity index is 740. The van der Waals surface area contributed by atoms with Gasteiger partial charge in [0, 0.05) is 7.05 Å². The molecule has 1 atom stereocenters. The number of alkyl halides is 2. The lowest BCUT2D eigenvalue weighted by Gasteiger charge is -2.20. The lowest BCUT2D eigenvalue weighted by atomic mass is 9.98. The largest absolute Gasteiger partial charge is 0.435 e. The number of hydrogen-bond donors (Lipinski definition) is 3. The highest BCUT2D eigenvalue weighted by molar-refractivity contribution is 5.81. The van der Waals surface area contributed by atoms with Crippen molar-refractivity contribution in [1.29, 1.82) is 0 Å². The molecule has 2 amide bonds. The molecule has 0 fully saturated rings. The minimum Gasteiger partial charge on any atom is -0.435 e. The highest BCUT2D eigenvalue weighted by atomic mass is 19.3. The third-order valence-corrected chi connectivity index (χ3v) is 3.73. The van der Waals surface area contributed by atoms with E-state index >= 15 is 0 Å². The molecule has 0 aliphatic rings. The summed E-state index contributed by atoms with van der Waals surface area (Å²) in [6, 6.07) is 14.9. The van der Waals surface area contributed by atoms with Gasteiger partial charge < -0.3 is 15.4 Å². The van der Waals surface area contributed by atoms with Gasteiger partial charge in [0.15, 0.2) is 0 Å². The third-order valence-electron chi connectivity index (χ3n) is 3.73. The average Bonchev–Trinajstić information content (AvgIpc) is 2.67. The van der Waals surface area contributed by atoms with Crippen molar-refractivity contribution in [2.45, 2.75) is 12.7 Å². The van der Waals surface area contributed by atoms with Gasteiger partial charge in [-0.2, -0.15) is 8.78 Å². The first-order chi connectivity index (χ1) is 13.0. The molecule has 0 saturated heterocycles. The van der Waals surface area contributed by atoms with Crippen molar-refractivity contribution in [3.8, 4) is 5.75 Å². The van der Waals surface area contributed by atoms with E-state index in [9.17, 15) is 18.4 Å². The van der Waals surface area contributed by atoms with E-state index in [2.05, 4.69) is 20.7 Å². The molecular weight excluding hydrogens is 356 g/mol. The van der Waals surface area contributed by atoms with Crippen LogP contribution < -0.4 is 20.7 Å². The summed E-state index contributed by atoms with van der Waals surface area (Å²) >= 11 is 0. The van der Waals surface area contributed by atoms with E-state index in [0.717, 1.165) is 5.56 Å². The zero-order valence-corrected chi connectivity index (χ0v) is 14.7. The molecule has 3 N–H and O–H groups in total. The molecule has 0 aromatic heterocycles. The van der Waals surface area contributed by atoms with Crippen molar-refractivity contribution in [2.24, 2.45) is 0 Å². The minimum atomic E-state index is -2.90. The van der Waals surface area contributed by atoms with E-state index in [1.165, 1.54) is 19.2 Å². The van der Waals surface area contributed by atoms with Crippen LogP contribution in [0.25, 0.3) is 0 Å². The predicted molar refractivity (Wildman–Crippen MR) is 96.4 cm³/mol. The fourth-order valence-corrected chi connectivity index (χ4v) is 2.44. The van der Waals surface area contributed by atoms with E-state index in [4.69, 9.17) is 0 Å². The van der Waals surface area contributed by atoms with Crippen molar-refractivity contribution < 1.29 is 23.1 Å². The van der Waals surface area contributed by atoms with Gasteiger partial charge in [-0.05, 0) is 23.3 Å². The van der Waals surface area contributed by atoms with Gasteiger partial charge in [-0.25, -0.2) is 0 Å². The zero-order chi connectivity index (χ0) is 19.6. The molecule has 2 aromatic rings. The summed E-state index contributed by atoms with van der Waals surface area (Å²) in [6.45, 7) is -2.91. The molecular formula is C19H21F2N3O3. The SMILES string of the molecule is CNC(=O)CNCC(=O)N[C@H](c1ccccc1)c1ccc(OC(F)F)cc1. The lowest BCUT2D eigenvalue weighted by Crippen LogP contribution is -2.40. The summed E-state index contributed by atoms with van der Waals surface area (Å²) in [7, 11) is 1.51. The van der Waals surface area contributed by atoms with Crippen LogP contribution in [0, 0.1) is 0 Å². The van der Waals surface area contributed by atoms with E-state index < -0.39 is 12.7 Å². The standard InChI is InChI=1S/C19H21F2N3O3/c1-22-16(25)11-23-12-17(26)24-18(13-5-3-2-4-6-13)14-7-9-15(10-8-14)27-19(20)21/h2-10,18-19,23H,11-12H2,1H3,(H,22,25)(H,24,26)/t18-/m1/s1. The Morgan fingerprint density at radius 2 is 1.52 bits per heavy atom. The predicted octanol–water partition coefficient (Wildman–Crippen LogP) is 1.83. The van der Waals surface area contributed by atoms with Gasteiger partial charge in [0.05, 0.1) is 19.1 Å². The van der Waals surface area contributed by atoms with Gasteiger partial charge >= 0.3 is 6.61 Å². The molecule has 0 heterocycles. The average molecular weight is 377 g/mol. The van der Waals surface area contributed by atoms with Crippen LogP contribution in [0.15, 0.2) is 54.6 Å². The number of halogens is 2.